The van der Waals surface area contributed by atoms with Crippen LogP contribution in [0, 0.1) is 12.7 Å². The lowest BCUT2D eigenvalue weighted by Crippen LogP contribution is -2.48. The van der Waals surface area contributed by atoms with Gasteiger partial charge in [-0.05, 0) is 56.9 Å². The number of rotatable bonds is 5. The standard InChI is InChI=1S/C17H26FN3O.2ClH/c1-12-10-14(18)6-7-16(12)21-9-3-4-15(11-21)20-17(22)8-5-13(2)19;;/h6-7,10,13,15H,3-5,8-9,11,19H2,1-2H3,(H,20,22);2*1H. The van der Waals surface area contributed by atoms with E-state index in [0.29, 0.717) is 12.8 Å². The molecule has 1 aromatic rings. The molecule has 1 aromatic carbocycles. The Labute approximate surface area is 156 Å². The summed E-state index contributed by atoms with van der Waals surface area (Å²) in [7, 11) is 0. The second-order valence-corrected chi connectivity index (χ2v) is 6.30. The molecule has 0 bridgehead atoms. The summed E-state index contributed by atoms with van der Waals surface area (Å²) >= 11 is 0. The second kappa shape index (κ2) is 10.7. The van der Waals surface area contributed by atoms with E-state index in [0.717, 1.165) is 37.2 Å². The topological polar surface area (TPSA) is 58.4 Å². The molecule has 1 fully saturated rings. The van der Waals surface area contributed by atoms with Crippen LogP contribution >= 0.6 is 24.8 Å². The van der Waals surface area contributed by atoms with E-state index in [-0.39, 0.29) is 48.6 Å². The van der Waals surface area contributed by atoms with Crippen molar-refractivity contribution in [2.75, 3.05) is 18.0 Å². The lowest BCUT2D eigenvalue weighted by molar-refractivity contribution is -0.122. The number of nitrogens with two attached hydrogens (primary N) is 1. The number of hydrogen-bond donors (Lipinski definition) is 2. The van der Waals surface area contributed by atoms with Gasteiger partial charge in [-0.25, -0.2) is 4.39 Å². The molecule has 0 aromatic heterocycles. The lowest BCUT2D eigenvalue weighted by Gasteiger charge is -2.35. The highest BCUT2D eigenvalue weighted by Gasteiger charge is 2.22. The van der Waals surface area contributed by atoms with Gasteiger partial charge in [0, 0.05) is 37.3 Å². The highest BCUT2D eigenvalue weighted by Crippen LogP contribution is 2.24. The van der Waals surface area contributed by atoms with Gasteiger partial charge in [-0.2, -0.15) is 0 Å². The van der Waals surface area contributed by atoms with E-state index >= 15 is 0 Å². The first-order chi connectivity index (χ1) is 10.5. The molecule has 1 aliphatic rings. The Morgan fingerprint density at radius 3 is 2.79 bits per heavy atom. The van der Waals surface area contributed by atoms with Crippen molar-refractivity contribution in [1.29, 1.82) is 0 Å². The number of carbonyl (C=O) groups is 1. The summed E-state index contributed by atoms with van der Waals surface area (Å²) in [5, 5.41) is 3.09. The first-order valence-corrected chi connectivity index (χ1v) is 8.01. The molecule has 0 saturated carbocycles. The largest absolute Gasteiger partial charge is 0.369 e. The zero-order valence-electron chi connectivity index (χ0n) is 14.3. The van der Waals surface area contributed by atoms with Crippen LogP contribution in [0.15, 0.2) is 18.2 Å². The average Bonchev–Trinajstić information content (AvgIpc) is 2.45. The molecular formula is C17H28Cl2FN3O. The Bertz CT molecular complexity index is 529. The predicted molar refractivity (Wildman–Crippen MR) is 102 cm³/mol. The van der Waals surface area contributed by atoms with Crippen LogP contribution in [0.4, 0.5) is 10.1 Å². The molecule has 1 saturated heterocycles. The number of piperidine rings is 1. The van der Waals surface area contributed by atoms with Crippen molar-refractivity contribution >= 4 is 36.4 Å². The Morgan fingerprint density at radius 1 is 1.46 bits per heavy atom. The quantitative estimate of drug-likeness (QED) is 0.825. The highest BCUT2D eigenvalue weighted by molar-refractivity contribution is 5.85. The third kappa shape index (κ3) is 6.83. The predicted octanol–water partition coefficient (Wildman–Crippen LogP) is 3.19. The van der Waals surface area contributed by atoms with Gasteiger partial charge in [-0.3, -0.25) is 4.79 Å². The first-order valence-electron chi connectivity index (χ1n) is 8.01. The monoisotopic (exact) mass is 379 g/mol. The van der Waals surface area contributed by atoms with Gasteiger partial charge in [0.05, 0.1) is 0 Å². The molecule has 0 radical (unpaired) electrons. The number of hydrogen-bond acceptors (Lipinski definition) is 3. The number of carbonyl (C=O) groups excluding carboxylic acids is 1. The van der Waals surface area contributed by atoms with Crippen LogP contribution in [0.2, 0.25) is 0 Å². The summed E-state index contributed by atoms with van der Waals surface area (Å²) < 4.78 is 13.2. The van der Waals surface area contributed by atoms with Crippen LogP contribution in [0.5, 0.6) is 0 Å². The summed E-state index contributed by atoms with van der Waals surface area (Å²) in [6, 6.07) is 5.08. The molecule has 138 valence electrons. The SMILES string of the molecule is Cc1cc(F)ccc1N1CCCC(NC(=O)CCC(C)N)C1.Cl.Cl. The van der Waals surface area contributed by atoms with Crippen LogP contribution in [0.25, 0.3) is 0 Å². The number of nitrogens with zero attached hydrogens (tertiary/aromatic N) is 1. The molecule has 2 atom stereocenters. The van der Waals surface area contributed by atoms with Crippen molar-refractivity contribution in [3.63, 3.8) is 0 Å². The van der Waals surface area contributed by atoms with E-state index in [4.69, 9.17) is 5.73 Å². The Morgan fingerprint density at radius 2 is 2.17 bits per heavy atom. The van der Waals surface area contributed by atoms with Gasteiger partial charge in [-0.15, -0.1) is 24.8 Å². The number of amides is 1. The Hall–Kier alpha value is -1.04. The van der Waals surface area contributed by atoms with Gasteiger partial charge in [0.25, 0.3) is 0 Å². The average molecular weight is 380 g/mol. The second-order valence-electron chi connectivity index (χ2n) is 6.30. The van der Waals surface area contributed by atoms with E-state index in [2.05, 4.69) is 10.2 Å². The van der Waals surface area contributed by atoms with Crippen molar-refractivity contribution in [2.45, 2.75) is 51.6 Å². The smallest absolute Gasteiger partial charge is 0.220 e. The zero-order chi connectivity index (χ0) is 16.1. The van der Waals surface area contributed by atoms with Gasteiger partial charge in [0.15, 0.2) is 0 Å². The zero-order valence-corrected chi connectivity index (χ0v) is 15.9. The van der Waals surface area contributed by atoms with Crippen molar-refractivity contribution < 1.29 is 9.18 Å². The molecule has 2 rings (SSSR count). The summed E-state index contributed by atoms with van der Waals surface area (Å²) in [6.07, 6.45) is 3.19. The van der Waals surface area contributed by atoms with Crippen molar-refractivity contribution in [3.05, 3.63) is 29.6 Å². The molecule has 4 nitrogen and oxygen atoms in total. The molecule has 1 heterocycles. The summed E-state index contributed by atoms with van der Waals surface area (Å²) in [4.78, 5) is 14.2. The van der Waals surface area contributed by atoms with Gasteiger partial charge in [0.2, 0.25) is 5.91 Å². The minimum Gasteiger partial charge on any atom is -0.369 e. The minimum atomic E-state index is -0.209. The van der Waals surface area contributed by atoms with Crippen molar-refractivity contribution in [2.24, 2.45) is 5.73 Å². The van der Waals surface area contributed by atoms with E-state index in [1.54, 1.807) is 6.07 Å². The maximum Gasteiger partial charge on any atom is 0.220 e. The molecule has 0 aliphatic carbocycles. The summed E-state index contributed by atoms with van der Waals surface area (Å²) in [5.74, 6) is -0.140. The van der Waals surface area contributed by atoms with Gasteiger partial charge in [0.1, 0.15) is 5.82 Å². The first kappa shape index (κ1) is 23.0. The van der Waals surface area contributed by atoms with Crippen molar-refractivity contribution in [1.82, 2.24) is 5.32 Å². The lowest BCUT2D eigenvalue weighted by atomic mass is 10.0. The number of benzene rings is 1. The third-order valence-corrected chi connectivity index (χ3v) is 4.11. The number of anilines is 1. The number of nitrogens with one attached hydrogen (secondary N) is 1. The fourth-order valence-electron chi connectivity index (χ4n) is 2.95. The molecule has 3 N–H and O–H groups in total. The third-order valence-electron chi connectivity index (χ3n) is 4.11. The van der Waals surface area contributed by atoms with E-state index in [1.165, 1.54) is 6.07 Å². The molecule has 7 heteroatoms. The van der Waals surface area contributed by atoms with Gasteiger partial charge >= 0.3 is 0 Å². The normalized spacial score (nSPS) is 18.2. The fraction of sp³-hybridized carbons (Fsp3) is 0.588. The maximum absolute atomic E-state index is 13.2. The van der Waals surface area contributed by atoms with E-state index in [1.807, 2.05) is 19.9 Å². The van der Waals surface area contributed by atoms with Crippen LogP contribution < -0.4 is 16.0 Å². The molecule has 1 amide bonds. The van der Waals surface area contributed by atoms with Gasteiger partial charge in [-0.1, -0.05) is 0 Å². The number of halogens is 3. The van der Waals surface area contributed by atoms with Crippen LogP contribution in [-0.4, -0.2) is 31.1 Å². The molecule has 1 aliphatic heterocycles. The molecule has 24 heavy (non-hydrogen) atoms. The van der Waals surface area contributed by atoms with Crippen molar-refractivity contribution in [3.8, 4) is 0 Å². The van der Waals surface area contributed by atoms with E-state index < -0.39 is 0 Å². The minimum absolute atomic E-state index is 0. The molecule has 0 spiro atoms. The van der Waals surface area contributed by atoms with Crippen LogP contribution in [0.3, 0.4) is 0 Å². The van der Waals surface area contributed by atoms with Crippen LogP contribution in [0.1, 0.15) is 38.2 Å². The van der Waals surface area contributed by atoms with E-state index in [9.17, 15) is 9.18 Å². The Kier molecular flexibility index (Phi) is 10.3. The summed E-state index contributed by atoms with van der Waals surface area (Å²) in [5.41, 5.74) is 7.67. The maximum atomic E-state index is 13.2. The van der Waals surface area contributed by atoms with Crippen LogP contribution in [-0.2, 0) is 4.79 Å². The highest BCUT2D eigenvalue weighted by atomic mass is 35.5. The molecule has 2 unspecified atom stereocenters. The fourth-order valence-corrected chi connectivity index (χ4v) is 2.95. The van der Waals surface area contributed by atoms with Gasteiger partial charge < -0.3 is 16.0 Å². The number of aryl methyl sites for hydroxylation is 1. The Balaban J connectivity index is 0.00000264. The summed E-state index contributed by atoms with van der Waals surface area (Å²) in [6.45, 7) is 5.55. The molecular weight excluding hydrogens is 352 g/mol.